The van der Waals surface area contributed by atoms with Crippen molar-refractivity contribution in [2.75, 3.05) is 13.1 Å². The van der Waals surface area contributed by atoms with Crippen LogP contribution in [-0.2, 0) is 19.6 Å². The van der Waals surface area contributed by atoms with E-state index in [0.29, 0.717) is 13.1 Å². The summed E-state index contributed by atoms with van der Waals surface area (Å²) in [6, 6.07) is 11.5. The van der Waals surface area contributed by atoms with Gasteiger partial charge in [0.1, 0.15) is 11.5 Å². The van der Waals surface area contributed by atoms with Crippen molar-refractivity contribution in [3.05, 3.63) is 82.1 Å². The summed E-state index contributed by atoms with van der Waals surface area (Å²) in [4.78, 5) is 33.3. The van der Waals surface area contributed by atoms with Crippen LogP contribution in [0.1, 0.15) is 38.5 Å². The van der Waals surface area contributed by atoms with Crippen LogP contribution in [0.15, 0.2) is 48.8 Å². The van der Waals surface area contributed by atoms with Gasteiger partial charge in [0.05, 0.1) is 25.6 Å². The summed E-state index contributed by atoms with van der Waals surface area (Å²) in [6.07, 6.45) is 3.45. The molecule has 0 atom stereocenters. The topological polar surface area (TPSA) is 95.1 Å². The predicted octanol–water partition coefficient (Wildman–Crippen LogP) is 3.28. The van der Waals surface area contributed by atoms with Crippen LogP contribution >= 0.6 is 11.6 Å². The molecule has 2 aromatic heterocycles. The van der Waals surface area contributed by atoms with Crippen molar-refractivity contribution in [1.29, 1.82) is 5.26 Å². The number of hydrogen-bond acceptors (Lipinski definition) is 5. The number of nitrogens with zero attached hydrogens (tertiary/aromatic N) is 6. The molecule has 0 radical (unpaired) electrons. The zero-order valence-electron chi connectivity index (χ0n) is 17.6. The Morgan fingerprint density at radius 3 is 2.85 bits per heavy atom. The van der Waals surface area contributed by atoms with E-state index in [0.717, 1.165) is 5.56 Å². The Kier molecular flexibility index (Phi) is 6.66. The maximum Gasteiger partial charge on any atom is 0.274 e. The minimum absolute atomic E-state index is 0.0219. The molecule has 0 saturated heterocycles. The van der Waals surface area contributed by atoms with Gasteiger partial charge in [-0.3, -0.25) is 19.3 Å². The zero-order chi connectivity index (χ0) is 23.4. The van der Waals surface area contributed by atoms with Crippen LogP contribution in [0.25, 0.3) is 0 Å². The van der Waals surface area contributed by atoms with Gasteiger partial charge in [0.15, 0.2) is 5.69 Å². The highest BCUT2D eigenvalue weighted by Gasteiger charge is 2.30. The van der Waals surface area contributed by atoms with Crippen molar-refractivity contribution < 1.29 is 14.0 Å². The molecule has 33 heavy (non-hydrogen) atoms. The second-order valence-electron chi connectivity index (χ2n) is 7.56. The lowest BCUT2D eigenvalue weighted by Crippen LogP contribution is -2.40. The number of nitriles is 1. The van der Waals surface area contributed by atoms with Gasteiger partial charge in [0.25, 0.3) is 11.8 Å². The number of halogens is 2. The maximum atomic E-state index is 14.2. The molecule has 168 valence electrons. The molecule has 0 saturated carbocycles. The Balaban J connectivity index is 1.54. The number of pyridine rings is 1. The van der Waals surface area contributed by atoms with E-state index < -0.39 is 5.82 Å². The highest BCUT2D eigenvalue weighted by atomic mass is 35.5. The molecule has 3 aromatic rings. The lowest BCUT2D eigenvalue weighted by atomic mass is 10.1. The molecule has 2 amide bonds. The second-order valence-corrected chi connectivity index (χ2v) is 7.97. The molecule has 0 bridgehead atoms. The van der Waals surface area contributed by atoms with Crippen molar-refractivity contribution in [3.8, 4) is 6.07 Å². The van der Waals surface area contributed by atoms with Crippen molar-refractivity contribution in [2.24, 2.45) is 0 Å². The Bertz CT molecular complexity index is 1200. The molecule has 8 nitrogen and oxygen atoms in total. The molecule has 1 aliphatic heterocycles. The van der Waals surface area contributed by atoms with Gasteiger partial charge in [-0.05, 0) is 23.8 Å². The van der Waals surface area contributed by atoms with Gasteiger partial charge in [0, 0.05) is 48.7 Å². The van der Waals surface area contributed by atoms with Crippen molar-refractivity contribution in [1.82, 2.24) is 24.6 Å². The maximum absolute atomic E-state index is 14.2. The van der Waals surface area contributed by atoms with Gasteiger partial charge in [-0.2, -0.15) is 10.4 Å². The third kappa shape index (κ3) is 4.86. The van der Waals surface area contributed by atoms with Crippen LogP contribution in [-0.4, -0.2) is 49.5 Å². The van der Waals surface area contributed by atoms with Crippen LogP contribution in [0.2, 0.25) is 5.02 Å². The van der Waals surface area contributed by atoms with Crippen LogP contribution in [0.5, 0.6) is 0 Å². The average molecular weight is 467 g/mol. The molecule has 0 unspecified atom stereocenters. The highest BCUT2D eigenvalue weighted by molar-refractivity contribution is 6.31. The van der Waals surface area contributed by atoms with Gasteiger partial charge in [-0.15, -0.1) is 0 Å². The van der Waals surface area contributed by atoms with E-state index in [1.807, 2.05) is 12.1 Å². The summed E-state index contributed by atoms with van der Waals surface area (Å²) in [5.74, 6) is -1.22. The molecule has 4 rings (SSSR count). The van der Waals surface area contributed by atoms with Gasteiger partial charge in [0.2, 0.25) is 0 Å². The summed E-state index contributed by atoms with van der Waals surface area (Å²) in [7, 11) is 0. The van der Waals surface area contributed by atoms with E-state index in [9.17, 15) is 14.0 Å². The van der Waals surface area contributed by atoms with Gasteiger partial charge >= 0.3 is 0 Å². The lowest BCUT2D eigenvalue weighted by molar-refractivity contribution is 0.0679. The molecular formula is C23H20ClFN6O2. The van der Waals surface area contributed by atoms with E-state index in [4.69, 9.17) is 16.9 Å². The number of fused-ring (bicyclic) bond motifs is 1. The number of rotatable bonds is 7. The zero-order valence-corrected chi connectivity index (χ0v) is 18.4. The van der Waals surface area contributed by atoms with Gasteiger partial charge in [-0.1, -0.05) is 23.7 Å². The molecule has 10 heteroatoms. The van der Waals surface area contributed by atoms with E-state index in [2.05, 4.69) is 10.1 Å². The summed E-state index contributed by atoms with van der Waals surface area (Å²) >= 11 is 6.11. The lowest BCUT2D eigenvalue weighted by Gasteiger charge is -2.27. The molecule has 0 aliphatic carbocycles. The largest absolute Gasteiger partial charge is 0.332 e. The first-order chi connectivity index (χ1) is 16.0. The number of aromatic nitrogens is 3. The van der Waals surface area contributed by atoms with E-state index in [1.54, 1.807) is 24.5 Å². The van der Waals surface area contributed by atoms with Crippen molar-refractivity contribution in [3.63, 3.8) is 0 Å². The highest BCUT2D eigenvalue weighted by Crippen LogP contribution is 2.24. The van der Waals surface area contributed by atoms with Crippen molar-refractivity contribution >= 4 is 23.4 Å². The van der Waals surface area contributed by atoms with Crippen LogP contribution in [0.4, 0.5) is 4.39 Å². The van der Waals surface area contributed by atoms with Gasteiger partial charge in [-0.25, -0.2) is 4.39 Å². The summed E-state index contributed by atoms with van der Waals surface area (Å²) < 4.78 is 15.7. The Morgan fingerprint density at radius 2 is 2.12 bits per heavy atom. The molecule has 1 aliphatic rings. The first-order valence-electron chi connectivity index (χ1n) is 10.3. The quantitative estimate of drug-likeness (QED) is 0.532. The third-order valence-corrected chi connectivity index (χ3v) is 5.73. The summed E-state index contributed by atoms with van der Waals surface area (Å²) in [5.41, 5.74) is 1.43. The standard InChI is InChI=1S/C23H20ClFN6O2/c24-18-5-1-6-19(25)17(18)15-30-10-11-31-21(23(30)33)12-20(28-31)22(32)29(9-3-7-26)14-16-4-2-8-27-13-16/h1-2,4-6,8,12-13H,3,9-11,14-15H2. The third-order valence-electron chi connectivity index (χ3n) is 5.37. The fraction of sp³-hybridized carbons (Fsp3) is 0.261. The average Bonchev–Trinajstić information content (AvgIpc) is 3.26. The SMILES string of the molecule is N#CCCN(Cc1cccnc1)C(=O)c1cc2n(n1)CCN(Cc1c(F)cccc1Cl)C2=O. The number of hydrogen-bond donors (Lipinski definition) is 0. The van der Waals surface area contributed by atoms with E-state index in [-0.39, 0.29) is 59.8 Å². The normalized spacial score (nSPS) is 12.9. The minimum atomic E-state index is -0.478. The Labute approximate surface area is 194 Å². The molecule has 0 spiro atoms. The fourth-order valence-electron chi connectivity index (χ4n) is 3.68. The molecule has 0 N–H and O–H groups in total. The monoisotopic (exact) mass is 466 g/mol. The first kappa shape index (κ1) is 22.4. The Hall–Kier alpha value is -3.77. The molecule has 0 fully saturated rings. The van der Waals surface area contributed by atoms with Crippen LogP contribution < -0.4 is 0 Å². The summed E-state index contributed by atoms with van der Waals surface area (Å²) in [5, 5.41) is 13.6. The Morgan fingerprint density at radius 1 is 1.27 bits per heavy atom. The molecule has 3 heterocycles. The number of carbonyl (C=O) groups is 2. The van der Waals surface area contributed by atoms with Crippen LogP contribution in [0, 0.1) is 17.1 Å². The first-order valence-corrected chi connectivity index (χ1v) is 10.7. The van der Waals surface area contributed by atoms with E-state index >= 15 is 0 Å². The van der Waals surface area contributed by atoms with Crippen molar-refractivity contribution in [2.45, 2.75) is 26.1 Å². The number of carbonyl (C=O) groups excluding carboxylic acids is 2. The fourth-order valence-corrected chi connectivity index (χ4v) is 3.90. The molecule has 1 aromatic carbocycles. The summed E-state index contributed by atoms with van der Waals surface area (Å²) in [6.45, 7) is 1.18. The molecular weight excluding hydrogens is 447 g/mol. The second kappa shape index (κ2) is 9.79. The predicted molar refractivity (Wildman–Crippen MR) is 118 cm³/mol. The van der Waals surface area contributed by atoms with E-state index in [1.165, 1.54) is 32.7 Å². The number of benzene rings is 1. The van der Waals surface area contributed by atoms with Crippen LogP contribution in [0.3, 0.4) is 0 Å². The smallest absolute Gasteiger partial charge is 0.274 e. The number of amides is 2. The van der Waals surface area contributed by atoms with Gasteiger partial charge < -0.3 is 9.80 Å². The minimum Gasteiger partial charge on any atom is -0.332 e.